The summed E-state index contributed by atoms with van der Waals surface area (Å²) in [6.45, 7) is 0.778. The van der Waals surface area contributed by atoms with Crippen LogP contribution in [0.1, 0.15) is 18.3 Å². The van der Waals surface area contributed by atoms with Crippen molar-refractivity contribution < 1.29 is 14.2 Å². The molecule has 10 heteroatoms. The van der Waals surface area contributed by atoms with E-state index in [1.165, 1.54) is 6.20 Å². The van der Waals surface area contributed by atoms with Gasteiger partial charge in [0.1, 0.15) is 24.7 Å². The first-order valence-electron chi connectivity index (χ1n) is 8.81. The molecule has 9 nitrogen and oxygen atoms in total. The van der Waals surface area contributed by atoms with Crippen molar-refractivity contribution in [2.75, 3.05) is 19.0 Å². The van der Waals surface area contributed by atoms with Crippen molar-refractivity contribution in [2.45, 2.75) is 12.5 Å². The molecule has 29 heavy (non-hydrogen) atoms. The Morgan fingerprint density at radius 3 is 2.66 bits per heavy atom. The molecule has 148 valence electrons. The number of nitrogen functional groups attached to an aromatic ring is 1. The van der Waals surface area contributed by atoms with Gasteiger partial charge in [-0.15, -0.1) is 0 Å². The first-order chi connectivity index (χ1) is 14.0. The molecule has 4 aromatic rings. The van der Waals surface area contributed by atoms with Crippen LogP contribution in [0.15, 0.2) is 48.9 Å². The number of ether oxygens (including phenoxy) is 1. The minimum Gasteiger partial charge on any atom is -0.462 e. The maximum atomic E-state index is 12.7. The fourth-order valence-corrected chi connectivity index (χ4v) is 2.97. The third-order valence-corrected chi connectivity index (χ3v) is 4.38. The molecule has 1 aromatic carbocycles. The molecule has 0 aliphatic rings. The van der Waals surface area contributed by atoms with Gasteiger partial charge in [-0.2, -0.15) is 9.97 Å². The van der Waals surface area contributed by atoms with Crippen molar-refractivity contribution in [2.24, 2.45) is 0 Å². The van der Waals surface area contributed by atoms with Crippen LogP contribution in [0.2, 0.25) is 0 Å². The van der Waals surface area contributed by atoms with E-state index in [0.29, 0.717) is 22.4 Å². The molecule has 4 rings (SSSR count). The Hall–Kier alpha value is -3.66. The maximum Gasteiger partial charge on any atom is 0.303 e. The molecule has 0 saturated heterocycles. The van der Waals surface area contributed by atoms with E-state index in [9.17, 15) is 9.50 Å². The van der Waals surface area contributed by atoms with Crippen molar-refractivity contribution in [1.29, 1.82) is 0 Å². The molecule has 3 N–H and O–H groups in total. The minimum atomic E-state index is -1.45. The molecule has 0 spiro atoms. The highest BCUT2D eigenvalue weighted by molar-refractivity contribution is 5.80. The molecule has 1 atom stereocenters. The van der Waals surface area contributed by atoms with Crippen LogP contribution in [0.3, 0.4) is 0 Å². The van der Waals surface area contributed by atoms with Crippen LogP contribution in [0.5, 0.6) is 6.01 Å². The molecule has 0 aliphatic heterocycles. The van der Waals surface area contributed by atoms with E-state index >= 15 is 0 Å². The van der Waals surface area contributed by atoms with Gasteiger partial charge in [-0.05, 0) is 30.7 Å². The van der Waals surface area contributed by atoms with Gasteiger partial charge < -0.3 is 15.6 Å². The predicted molar refractivity (Wildman–Crippen MR) is 103 cm³/mol. The number of aliphatic hydroxyl groups is 1. The molecule has 0 radical (unpaired) electrons. The summed E-state index contributed by atoms with van der Waals surface area (Å²) in [5, 5.41) is 11.1. The van der Waals surface area contributed by atoms with Crippen molar-refractivity contribution in [3.63, 3.8) is 0 Å². The number of anilines is 1. The van der Waals surface area contributed by atoms with E-state index < -0.39 is 12.3 Å². The number of fused-ring (bicyclic) bond motifs is 1. The molecular formula is C19H18FN7O2. The van der Waals surface area contributed by atoms with Crippen LogP contribution in [-0.4, -0.2) is 47.9 Å². The zero-order valence-electron chi connectivity index (χ0n) is 15.5. The van der Waals surface area contributed by atoms with Crippen LogP contribution in [0.25, 0.3) is 16.9 Å². The second-order valence-electron chi connectivity index (χ2n) is 6.39. The summed E-state index contributed by atoms with van der Waals surface area (Å²) < 4.78 is 19.7. The molecule has 3 heterocycles. The Morgan fingerprint density at radius 1 is 1.14 bits per heavy atom. The Balaban J connectivity index is 1.90. The normalized spacial score (nSPS) is 13.3. The van der Waals surface area contributed by atoms with Gasteiger partial charge in [0.05, 0.1) is 11.0 Å². The summed E-state index contributed by atoms with van der Waals surface area (Å²) in [5.74, 6) is 0.730. The number of hydrogen-bond donors (Lipinski definition) is 2. The van der Waals surface area contributed by atoms with E-state index in [2.05, 4.69) is 24.9 Å². The average Bonchev–Trinajstić information content (AvgIpc) is 3.10. The number of halogens is 1. The number of imidazole rings is 1. The number of aromatic nitrogens is 6. The zero-order chi connectivity index (χ0) is 20.4. The second-order valence-corrected chi connectivity index (χ2v) is 6.39. The third kappa shape index (κ3) is 3.45. The highest BCUT2D eigenvalue weighted by Crippen LogP contribution is 2.32. The number of rotatable bonds is 6. The van der Waals surface area contributed by atoms with Gasteiger partial charge in [-0.25, -0.2) is 23.9 Å². The Labute approximate surface area is 165 Å². The fraction of sp³-hybridized carbons (Fsp3) is 0.211. The van der Waals surface area contributed by atoms with Gasteiger partial charge in [0.15, 0.2) is 5.82 Å². The molecule has 0 bridgehead atoms. The summed E-state index contributed by atoms with van der Waals surface area (Å²) in [4.78, 5) is 20.8. The first kappa shape index (κ1) is 18.7. The van der Waals surface area contributed by atoms with E-state index in [1.807, 2.05) is 0 Å². The molecule has 0 amide bonds. The molecule has 0 aliphatic carbocycles. The van der Waals surface area contributed by atoms with Gasteiger partial charge in [0.2, 0.25) is 5.95 Å². The Morgan fingerprint density at radius 2 is 1.93 bits per heavy atom. The van der Waals surface area contributed by atoms with E-state index in [1.54, 1.807) is 54.2 Å². The van der Waals surface area contributed by atoms with Gasteiger partial charge in [-0.1, -0.05) is 6.07 Å². The lowest BCUT2D eigenvalue weighted by atomic mass is 9.94. The van der Waals surface area contributed by atoms with Crippen LogP contribution in [-0.2, 0) is 5.60 Å². The molecule has 3 aromatic heterocycles. The highest BCUT2D eigenvalue weighted by atomic mass is 19.1. The topological polar surface area (TPSA) is 125 Å². The Bertz CT molecular complexity index is 1150. The summed E-state index contributed by atoms with van der Waals surface area (Å²) in [5.41, 5.74) is 5.97. The fourth-order valence-electron chi connectivity index (χ4n) is 2.97. The van der Waals surface area contributed by atoms with Gasteiger partial charge in [0, 0.05) is 24.7 Å². The number of hydrogen-bond acceptors (Lipinski definition) is 8. The summed E-state index contributed by atoms with van der Waals surface area (Å²) in [7, 11) is 0. The SMILES string of the molecule is CC(O)(c1ccc2nc(OCCF)n(-c3ccnc(N)n3)c2c1)c1ncccn1. The number of nitrogens with zero attached hydrogens (tertiary/aromatic N) is 6. The number of nitrogens with two attached hydrogens (primary N) is 1. The standard InChI is InChI=1S/C19H18FN7O2/c1-19(28,16-22-7-2-8-23-16)12-3-4-13-14(11-12)27(18(25-13)29-10-6-20)15-5-9-24-17(21)26-15/h2-5,7-9,11,28H,6,10H2,1H3,(H2,21,24,26). The van der Waals surface area contributed by atoms with E-state index in [4.69, 9.17) is 10.5 Å². The van der Waals surface area contributed by atoms with Crippen LogP contribution in [0, 0.1) is 0 Å². The number of alkyl halides is 1. The van der Waals surface area contributed by atoms with Crippen molar-refractivity contribution >= 4 is 17.0 Å². The molecule has 0 fully saturated rings. The first-order valence-corrected chi connectivity index (χ1v) is 8.81. The van der Waals surface area contributed by atoms with Crippen LogP contribution >= 0.6 is 0 Å². The van der Waals surface area contributed by atoms with Crippen molar-refractivity contribution in [1.82, 2.24) is 29.5 Å². The Kier molecular flexibility index (Phi) is 4.77. The van der Waals surface area contributed by atoms with Crippen molar-refractivity contribution in [3.05, 3.63) is 60.3 Å². The maximum absolute atomic E-state index is 12.7. The lowest BCUT2D eigenvalue weighted by Gasteiger charge is -2.22. The minimum absolute atomic E-state index is 0.0710. The molecule has 1 unspecified atom stereocenters. The summed E-state index contributed by atoms with van der Waals surface area (Å²) in [6, 6.07) is 8.65. The number of benzene rings is 1. The summed E-state index contributed by atoms with van der Waals surface area (Å²) in [6.07, 6.45) is 4.62. The lowest BCUT2D eigenvalue weighted by molar-refractivity contribution is 0.0922. The van der Waals surface area contributed by atoms with Gasteiger partial charge >= 0.3 is 6.01 Å². The van der Waals surface area contributed by atoms with Gasteiger partial charge in [0.25, 0.3) is 0 Å². The van der Waals surface area contributed by atoms with Crippen molar-refractivity contribution in [3.8, 4) is 11.8 Å². The molecule has 0 saturated carbocycles. The summed E-state index contributed by atoms with van der Waals surface area (Å²) >= 11 is 0. The predicted octanol–water partition coefficient (Wildman–Crippen LogP) is 1.79. The average molecular weight is 395 g/mol. The van der Waals surface area contributed by atoms with Crippen LogP contribution < -0.4 is 10.5 Å². The third-order valence-electron chi connectivity index (χ3n) is 4.38. The quantitative estimate of drug-likeness (QED) is 0.506. The van der Waals surface area contributed by atoms with Gasteiger partial charge in [-0.3, -0.25) is 0 Å². The monoisotopic (exact) mass is 395 g/mol. The van der Waals surface area contributed by atoms with E-state index in [-0.39, 0.29) is 24.4 Å². The highest BCUT2D eigenvalue weighted by Gasteiger charge is 2.30. The van der Waals surface area contributed by atoms with Crippen LogP contribution in [0.4, 0.5) is 10.3 Å². The smallest absolute Gasteiger partial charge is 0.303 e. The zero-order valence-corrected chi connectivity index (χ0v) is 15.5. The van der Waals surface area contributed by atoms with E-state index in [0.717, 1.165) is 0 Å². The second kappa shape index (κ2) is 7.40. The largest absolute Gasteiger partial charge is 0.462 e. The molecular weight excluding hydrogens is 377 g/mol. The lowest BCUT2D eigenvalue weighted by Crippen LogP contribution is -2.25.